The van der Waals surface area contributed by atoms with Gasteiger partial charge in [-0.25, -0.2) is 0 Å². The lowest BCUT2D eigenvalue weighted by Crippen LogP contribution is -3.00. The molecule has 6 heteroatoms. The van der Waals surface area contributed by atoms with Gasteiger partial charge in [0.15, 0.2) is 0 Å². The lowest BCUT2D eigenvalue weighted by molar-refractivity contribution is -1.23. The third-order valence-corrected chi connectivity index (χ3v) is 3.83. The van der Waals surface area contributed by atoms with E-state index in [9.17, 15) is 0 Å². The van der Waals surface area contributed by atoms with Crippen LogP contribution in [0.3, 0.4) is 0 Å². The van der Waals surface area contributed by atoms with Gasteiger partial charge in [0, 0.05) is 6.42 Å². The molecule has 0 amide bonds. The highest BCUT2D eigenvalue weighted by Gasteiger charge is 2.25. The monoisotopic (exact) mass is 399 g/mol. The molecule has 0 aliphatic carbocycles. The lowest BCUT2D eigenvalue weighted by atomic mass is 10.1. The van der Waals surface area contributed by atoms with Gasteiger partial charge in [-0.3, -0.25) is 0 Å². The molecule has 0 aromatic carbocycles. The van der Waals surface area contributed by atoms with Crippen molar-refractivity contribution in [3.05, 3.63) is 0 Å². The number of aliphatic hydroxyl groups is 2. The highest BCUT2D eigenvalue weighted by molar-refractivity contribution is 4.47. The largest absolute Gasteiger partial charge is 1.00 e. The van der Waals surface area contributed by atoms with Crippen LogP contribution in [0.2, 0.25) is 0 Å². The van der Waals surface area contributed by atoms with E-state index in [1.54, 1.807) is 0 Å². The zero-order chi connectivity index (χ0) is 16.5. The fourth-order valence-electron chi connectivity index (χ4n) is 2.52. The second kappa shape index (κ2) is 18.6. The number of halogens is 1. The Kier molecular flexibility index (Phi) is 20.7. The van der Waals surface area contributed by atoms with Crippen molar-refractivity contribution in [1.29, 1.82) is 0 Å². The maximum Gasteiger partial charge on any atom is 0.142 e. The van der Waals surface area contributed by atoms with Crippen molar-refractivity contribution in [1.82, 2.24) is 0 Å². The predicted octanol–water partition coefficient (Wildman–Crippen LogP) is 0.206. The van der Waals surface area contributed by atoms with Gasteiger partial charge in [-0.1, -0.05) is 58.3 Å². The van der Waals surface area contributed by atoms with Gasteiger partial charge in [0.1, 0.15) is 26.8 Å². The quantitative estimate of drug-likeness (QED) is 0.208. The van der Waals surface area contributed by atoms with Gasteiger partial charge in [-0.05, 0) is 11.2 Å². The van der Waals surface area contributed by atoms with Gasteiger partial charge in [-0.2, -0.15) is 9.68 Å². The second-order valence-electron chi connectivity index (χ2n) is 6.03. The minimum Gasteiger partial charge on any atom is -1.00 e. The molecule has 0 aliphatic heterocycles. The maximum atomic E-state index is 8.86. The number of unbranched alkanes of at least 4 members (excludes halogenated alkanes) is 9. The van der Waals surface area contributed by atoms with Gasteiger partial charge in [0.05, 0.1) is 13.2 Å². The van der Waals surface area contributed by atoms with Crippen LogP contribution in [-0.2, 0) is 9.68 Å². The molecule has 0 spiro atoms. The number of aliphatic hydroxyl groups excluding tert-OH is 2. The summed E-state index contributed by atoms with van der Waals surface area (Å²) < 4.78 is 0. The molecule has 0 aromatic heterocycles. The summed E-state index contributed by atoms with van der Waals surface area (Å²) in [6.07, 6.45) is 12.9. The topological polar surface area (TPSA) is 58.9 Å². The van der Waals surface area contributed by atoms with E-state index in [0.29, 0.717) is 0 Å². The fourth-order valence-corrected chi connectivity index (χ4v) is 2.52. The van der Waals surface area contributed by atoms with E-state index in [2.05, 4.69) is 6.92 Å². The molecule has 0 fully saturated rings. The summed E-state index contributed by atoms with van der Waals surface area (Å²) in [5.74, 6) is 0. The van der Waals surface area contributed by atoms with Crippen molar-refractivity contribution in [3.63, 3.8) is 0 Å². The molecule has 0 rings (SSSR count). The van der Waals surface area contributed by atoms with Crippen molar-refractivity contribution >= 4 is 0 Å². The van der Waals surface area contributed by atoms with Crippen molar-refractivity contribution in [2.45, 2.75) is 71.1 Å². The number of nitrogens with zero attached hydrogens (tertiary/aromatic N) is 1. The highest BCUT2D eigenvalue weighted by Crippen LogP contribution is 2.13. The van der Waals surface area contributed by atoms with E-state index in [0.717, 1.165) is 13.0 Å². The third-order valence-electron chi connectivity index (χ3n) is 3.83. The summed E-state index contributed by atoms with van der Waals surface area (Å²) in [6, 6.07) is 0. The molecular formula is C17H38BrNO4. The molecule has 0 atom stereocenters. The molecule has 0 saturated carbocycles. The van der Waals surface area contributed by atoms with Crippen molar-refractivity contribution in [2.75, 3.05) is 40.0 Å². The molecule has 0 aliphatic rings. The Balaban J connectivity index is 0. The third kappa shape index (κ3) is 16.9. The van der Waals surface area contributed by atoms with E-state index in [-0.39, 0.29) is 48.2 Å². The summed E-state index contributed by atoms with van der Waals surface area (Å²) in [5.41, 5.74) is 0. The fraction of sp³-hybridized carbons (Fsp3) is 1.00. The van der Waals surface area contributed by atoms with Gasteiger partial charge in [0.25, 0.3) is 0 Å². The molecule has 0 aromatic rings. The van der Waals surface area contributed by atoms with E-state index >= 15 is 0 Å². The molecule has 2 N–H and O–H groups in total. The molecule has 0 unspecified atom stereocenters. The highest BCUT2D eigenvalue weighted by atomic mass is 79.9. The number of rotatable bonds is 17. The normalized spacial score (nSPS) is 11.5. The summed E-state index contributed by atoms with van der Waals surface area (Å²) >= 11 is 0. The Labute approximate surface area is 153 Å². The van der Waals surface area contributed by atoms with Crippen LogP contribution in [-0.4, -0.2) is 55.0 Å². The molecule has 0 radical (unpaired) electrons. The molecule has 0 bridgehead atoms. The Hall–Kier alpha value is 0.280. The molecular weight excluding hydrogens is 362 g/mol. The average Bonchev–Trinajstić information content (AvgIpc) is 2.53. The smallest absolute Gasteiger partial charge is 0.142 e. The second-order valence-corrected chi connectivity index (χ2v) is 6.03. The van der Waals surface area contributed by atoms with E-state index < -0.39 is 0 Å². The summed E-state index contributed by atoms with van der Waals surface area (Å²) in [6.45, 7) is 3.46. The lowest BCUT2D eigenvalue weighted by Gasteiger charge is -2.28. The molecule has 142 valence electrons. The van der Waals surface area contributed by atoms with Crippen molar-refractivity contribution in [2.24, 2.45) is 0 Å². The zero-order valence-corrected chi connectivity index (χ0v) is 16.7. The van der Waals surface area contributed by atoms with Crippen molar-refractivity contribution in [3.8, 4) is 0 Å². The maximum absolute atomic E-state index is 8.86. The first-order valence-electron chi connectivity index (χ1n) is 9.05. The predicted molar refractivity (Wildman–Crippen MR) is 89.0 cm³/mol. The summed E-state index contributed by atoms with van der Waals surface area (Å²) in [7, 11) is 1.83. The van der Waals surface area contributed by atoms with Crippen LogP contribution >= 0.6 is 0 Å². The van der Waals surface area contributed by atoms with Gasteiger partial charge in [0.2, 0.25) is 0 Å². The first-order valence-corrected chi connectivity index (χ1v) is 9.05. The van der Waals surface area contributed by atoms with Gasteiger partial charge >= 0.3 is 0 Å². The van der Waals surface area contributed by atoms with Crippen LogP contribution in [0.1, 0.15) is 71.1 Å². The van der Waals surface area contributed by atoms with Crippen LogP contribution in [0.5, 0.6) is 0 Å². The van der Waals surface area contributed by atoms with Gasteiger partial charge < -0.3 is 27.2 Å². The average molecular weight is 400 g/mol. The Morgan fingerprint density at radius 3 is 1.48 bits per heavy atom. The first kappa shape index (κ1) is 25.5. The van der Waals surface area contributed by atoms with Gasteiger partial charge in [-0.15, -0.1) is 0 Å². The van der Waals surface area contributed by atoms with E-state index in [4.69, 9.17) is 19.9 Å². The van der Waals surface area contributed by atoms with Crippen LogP contribution in [0, 0.1) is 0 Å². The molecule has 0 heterocycles. The van der Waals surface area contributed by atoms with Crippen molar-refractivity contribution < 1.29 is 41.7 Å². The Bertz CT molecular complexity index is 225. The van der Waals surface area contributed by atoms with Crippen LogP contribution in [0.25, 0.3) is 0 Å². The minimum absolute atomic E-state index is 0. The van der Waals surface area contributed by atoms with E-state index in [1.807, 2.05) is 7.05 Å². The number of hydroxylamine groups is 4. The standard InChI is InChI=1S/C17H38NO4.BrH/c1-3-4-5-6-7-8-9-10-11-12-13-18(2,21-16-14-19)22-17-15-20;/h19-20H,3-17H2,1-2H3;1H/q+1;/p-1. The minimum atomic E-state index is -0.0195. The SMILES string of the molecule is CCCCCCCCCCCC[N+](C)(OCCO)OCCO.[Br-]. The van der Waals surface area contributed by atoms with Crippen LogP contribution < -0.4 is 17.0 Å². The molecule has 0 saturated heterocycles. The first-order chi connectivity index (χ1) is 10.7. The zero-order valence-electron chi connectivity index (χ0n) is 15.1. The van der Waals surface area contributed by atoms with Crippen LogP contribution in [0.4, 0.5) is 0 Å². The number of hydrogen-bond donors (Lipinski definition) is 2. The number of quaternary nitrogens is 1. The summed E-state index contributed by atoms with van der Waals surface area (Å²) in [5, 5.41) is 17.7. The van der Waals surface area contributed by atoms with E-state index in [1.165, 1.54) is 57.8 Å². The molecule has 23 heavy (non-hydrogen) atoms. The summed E-state index contributed by atoms with van der Waals surface area (Å²) in [4.78, 5) is 11.0. The van der Waals surface area contributed by atoms with Crippen LogP contribution in [0.15, 0.2) is 0 Å². The Morgan fingerprint density at radius 1 is 0.696 bits per heavy atom. The molecule has 5 nitrogen and oxygen atoms in total. The Morgan fingerprint density at radius 2 is 1.09 bits per heavy atom. The number of hydrogen-bond acceptors (Lipinski definition) is 4.